The second-order valence-electron chi connectivity index (χ2n) is 8.36. The van der Waals surface area contributed by atoms with Crippen LogP contribution in [0.1, 0.15) is 42.4 Å². The number of sulfonamides is 1. The molecule has 1 fully saturated rings. The van der Waals surface area contributed by atoms with Gasteiger partial charge < -0.3 is 10.2 Å². The first-order chi connectivity index (χ1) is 15.1. The molecule has 3 rings (SSSR count). The number of anilines is 3. The third-order valence-electron chi connectivity index (χ3n) is 5.85. The van der Waals surface area contributed by atoms with Gasteiger partial charge in [0.15, 0.2) is 0 Å². The smallest absolute Gasteiger partial charge is 0.232 e. The zero-order valence-electron chi connectivity index (χ0n) is 19.1. The summed E-state index contributed by atoms with van der Waals surface area (Å²) in [4.78, 5) is 26.2. The summed E-state index contributed by atoms with van der Waals surface area (Å²) in [5.74, 6) is -0.0482. The number of aryl methyl sites for hydroxylation is 2. The predicted molar refractivity (Wildman–Crippen MR) is 129 cm³/mol. The topological polar surface area (TPSA) is 86.8 Å². The van der Waals surface area contributed by atoms with Gasteiger partial charge in [-0.3, -0.25) is 13.9 Å². The number of nitrogens with one attached hydrogen (secondary N) is 1. The highest BCUT2D eigenvalue weighted by Gasteiger charge is 2.23. The Morgan fingerprint density at radius 2 is 1.88 bits per heavy atom. The van der Waals surface area contributed by atoms with E-state index < -0.39 is 10.0 Å². The van der Waals surface area contributed by atoms with Crippen LogP contribution in [-0.2, 0) is 19.6 Å². The van der Waals surface area contributed by atoms with Gasteiger partial charge in [-0.2, -0.15) is 0 Å². The van der Waals surface area contributed by atoms with Crippen molar-refractivity contribution < 1.29 is 18.0 Å². The fourth-order valence-electron chi connectivity index (χ4n) is 4.02. The first-order valence-corrected chi connectivity index (χ1v) is 12.7. The van der Waals surface area contributed by atoms with Crippen LogP contribution in [0.25, 0.3) is 0 Å². The van der Waals surface area contributed by atoms with Crippen LogP contribution in [0.15, 0.2) is 36.4 Å². The second kappa shape index (κ2) is 9.73. The Labute approximate surface area is 190 Å². The van der Waals surface area contributed by atoms with Crippen LogP contribution < -0.4 is 14.5 Å². The van der Waals surface area contributed by atoms with Gasteiger partial charge in [-0.25, -0.2) is 8.42 Å². The summed E-state index contributed by atoms with van der Waals surface area (Å²) in [5.41, 5.74) is 5.05. The van der Waals surface area contributed by atoms with E-state index in [1.54, 1.807) is 17.0 Å². The highest BCUT2D eigenvalue weighted by Crippen LogP contribution is 2.28. The van der Waals surface area contributed by atoms with E-state index >= 15 is 0 Å². The van der Waals surface area contributed by atoms with E-state index in [0.29, 0.717) is 24.2 Å². The average molecular weight is 458 g/mol. The lowest BCUT2D eigenvalue weighted by atomic mass is 10.1. The van der Waals surface area contributed by atoms with E-state index in [1.165, 1.54) is 10.6 Å². The highest BCUT2D eigenvalue weighted by atomic mass is 32.2. The quantitative estimate of drug-likeness (QED) is 0.651. The molecule has 1 N–H and O–H groups in total. The fraction of sp³-hybridized carbons (Fsp3) is 0.417. The summed E-state index contributed by atoms with van der Waals surface area (Å²) in [6, 6.07) is 11.1. The average Bonchev–Trinajstić information content (AvgIpc) is 3.13. The maximum atomic E-state index is 12.5. The maximum Gasteiger partial charge on any atom is 0.232 e. The summed E-state index contributed by atoms with van der Waals surface area (Å²) in [5, 5.41) is 2.87. The van der Waals surface area contributed by atoms with Crippen LogP contribution in [0.2, 0.25) is 0 Å². The molecule has 1 heterocycles. The van der Waals surface area contributed by atoms with E-state index in [1.807, 2.05) is 45.0 Å². The molecule has 0 aliphatic carbocycles. The normalized spacial score (nSPS) is 14.0. The Morgan fingerprint density at radius 3 is 2.50 bits per heavy atom. The summed E-state index contributed by atoms with van der Waals surface area (Å²) in [6.07, 6.45) is 3.21. The van der Waals surface area contributed by atoms with Gasteiger partial charge in [0.25, 0.3) is 0 Å². The van der Waals surface area contributed by atoms with Crippen molar-refractivity contribution in [3.8, 4) is 0 Å². The largest absolute Gasteiger partial charge is 0.326 e. The Hall–Kier alpha value is -2.87. The third-order valence-corrected chi connectivity index (χ3v) is 7.03. The monoisotopic (exact) mass is 457 g/mol. The predicted octanol–water partition coefficient (Wildman–Crippen LogP) is 3.92. The van der Waals surface area contributed by atoms with Gasteiger partial charge in [-0.05, 0) is 74.6 Å². The van der Waals surface area contributed by atoms with Gasteiger partial charge in [0, 0.05) is 37.3 Å². The Bertz CT molecular complexity index is 1130. The standard InChI is InChI=1S/C24H31N3O4S/c1-17-8-5-9-22(19(17)3)27(32(4,30)31)15-6-10-23(28)25-20-12-13-21(18(2)16-20)26-14-7-11-24(26)29/h5,8-9,12-13,16H,6-7,10-11,14-15H2,1-4H3,(H,25,28). The summed E-state index contributed by atoms with van der Waals surface area (Å²) >= 11 is 0. The van der Waals surface area contributed by atoms with Gasteiger partial charge in [-0.15, -0.1) is 0 Å². The van der Waals surface area contributed by atoms with Crippen LogP contribution in [0.5, 0.6) is 0 Å². The Morgan fingerprint density at radius 1 is 1.12 bits per heavy atom. The van der Waals surface area contributed by atoms with Crippen molar-refractivity contribution in [1.29, 1.82) is 0 Å². The molecule has 0 radical (unpaired) electrons. The summed E-state index contributed by atoms with van der Waals surface area (Å²) < 4.78 is 26.1. The van der Waals surface area contributed by atoms with Crippen molar-refractivity contribution in [2.45, 2.75) is 46.5 Å². The molecule has 0 saturated carbocycles. The van der Waals surface area contributed by atoms with E-state index in [-0.39, 0.29) is 24.8 Å². The lowest BCUT2D eigenvalue weighted by molar-refractivity contribution is -0.117. The van der Waals surface area contributed by atoms with Crippen LogP contribution in [0.3, 0.4) is 0 Å². The molecule has 2 aromatic carbocycles. The molecule has 1 saturated heterocycles. The molecule has 0 atom stereocenters. The van der Waals surface area contributed by atoms with Crippen LogP contribution >= 0.6 is 0 Å². The molecule has 1 aliphatic rings. The van der Waals surface area contributed by atoms with Gasteiger partial charge >= 0.3 is 0 Å². The van der Waals surface area contributed by atoms with Gasteiger partial charge in [0.1, 0.15) is 0 Å². The van der Waals surface area contributed by atoms with Crippen molar-refractivity contribution in [1.82, 2.24) is 0 Å². The van der Waals surface area contributed by atoms with E-state index in [4.69, 9.17) is 0 Å². The van der Waals surface area contributed by atoms with Crippen LogP contribution in [0, 0.1) is 20.8 Å². The van der Waals surface area contributed by atoms with E-state index in [0.717, 1.165) is 35.3 Å². The molecule has 7 nitrogen and oxygen atoms in total. The number of amides is 2. The molecule has 1 aliphatic heterocycles. The number of rotatable bonds is 8. The molecular weight excluding hydrogens is 426 g/mol. The molecule has 2 aromatic rings. The second-order valence-corrected chi connectivity index (χ2v) is 10.3. The van der Waals surface area contributed by atoms with Crippen molar-refractivity contribution in [3.63, 3.8) is 0 Å². The zero-order valence-corrected chi connectivity index (χ0v) is 20.0. The number of hydrogen-bond acceptors (Lipinski definition) is 4. The lowest BCUT2D eigenvalue weighted by Gasteiger charge is -2.25. The molecule has 0 aromatic heterocycles. The number of benzene rings is 2. The highest BCUT2D eigenvalue weighted by molar-refractivity contribution is 7.92. The molecule has 0 spiro atoms. The number of carbonyl (C=O) groups is 2. The molecule has 8 heteroatoms. The number of hydrogen-bond donors (Lipinski definition) is 1. The molecule has 172 valence electrons. The molecular formula is C24H31N3O4S. The van der Waals surface area contributed by atoms with E-state index in [9.17, 15) is 18.0 Å². The van der Waals surface area contributed by atoms with Crippen molar-refractivity contribution >= 4 is 38.9 Å². The first-order valence-electron chi connectivity index (χ1n) is 10.8. The van der Waals surface area contributed by atoms with Crippen LogP contribution in [-0.4, -0.2) is 39.6 Å². The van der Waals surface area contributed by atoms with Crippen molar-refractivity contribution in [2.24, 2.45) is 0 Å². The van der Waals surface area contributed by atoms with Gasteiger partial charge in [-0.1, -0.05) is 12.1 Å². The maximum absolute atomic E-state index is 12.5. The minimum absolute atomic E-state index is 0.129. The first kappa shape index (κ1) is 23.8. The van der Waals surface area contributed by atoms with Crippen molar-refractivity contribution in [3.05, 3.63) is 53.1 Å². The van der Waals surface area contributed by atoms with Gasteiger partial charge in [0.05, 0.1) is 11.9 Å². The van der Waals surface area contributed by atoms with Crippen molar-refractivity contribution in [2.75, 3.05) is 33.9 Å². The van der Waals surface area contributed by atoms with E-state index in [2.05, 4.69) is 5.32 Å². The fourth-order valence-corrected chi connectivity index (χ4v) is 5.03. The minimum atomic E-state index is -3.47. The molecule has 0 bridgehead atoms. The number of nitrogens with zero attached hydrogens (tertiary/aromatic N) is 2. The zero-order chi connectivity index (χ0) is 23.5. The molecule has 0 unspecified atom stereocenters. The lowest BCUT2D eigenvalue weighted by Crippen LogP contribution is -2.32. The Balaban J connectivity index is 1.61. The molecule has 2 amide bonds. The summed E-state index contributed by atoms with van der Waals surface area (Å²) in [7, 11) is -3.47. The van der Waals surface area contributed by atoms with Gasteiger partial charge in [0.2, 0.25) is 21.8 Å². The molecule has 32 heavy (non-hydrogen) atoms. The SMILES string of the molecule is Cc1cc(NC(=O)CCCN(c2cccc(C)c2C)S(C)(=O)=O)ccc1N1CCCC1=O. The van der Waals surface area contributed by atoms with Crippen LogP contribution in [0.4, 0.5) is 17.1 Å². The third kappa shape index (κ3) is 5.48. The summed E-state index contributed by atoms with van der Waals surface area (Å²) in [6.45, 7) is 6.72. The number of carbonyl (C=O) groups excluding carboxylic acids is 2. The Kier molecular flexibility index (Phi) is 7.23. The minimum Gasteiger partial charge on any atom is -0.326 e.